The van der Waals surface area contributed by atoms with E-state index in [0.29, 0.717) is 23.6 Å². The first-order chi connectivity index (χ1) is 11.5. The van der Waals surface area contributed by atoms with E-state index < -0.39 is 0 Å². The van der Waals surface area contributed by atoms with Gasteiger partial charge in [-0.05, 0) is 51.3 Å². The van der Waals surface area contributed by atoms with Crippen molar-refractivity contribution in [2.24, 2.45) is 5.92 Å². The molecule has 2 heterocycles. The molecular formula is C18H22FN5. The molecule has 0 aliphatic carbocycles. The smallest absolute Gasteiger partial charge is 0.147 e. The second-order valence-corrected chi connectivity index (χ2v) is 6.55. The van der Waals surface area contributed by atoms with Gasteiger partial charge < -0.3 is 0 Å². The Labute approximate surface area is 141 Å². The normalized spacial score (nSPS) is 18.5. The molecule has 0 saturated carbocycles. The van der Waals surface area contributed by atoms with Crippen LogP contribution in [0, 0.1) is 36.9 Å². The van der Waals surface area contributed by atoms with Gasteiger partial charge in [-0.3, -0.25) is 4.90 Å². The standard InChI is InChI=1S/C18H22FN5/c1-13-21-14(2)24(22-13)11-16-4-3-7-23(10-16)12-17-6-5-15(9-20)8-18(17)19/h5-6,8,16H,3-4,7,10-12H2,1-2H3/t16-/m1/s1. The van der Waals surface area contributed by atoms with Crippen LogP contribution in [0.2, 0.25) is 0 Å². The molecule has 0 N–H and O–H groups in total. The van der Waals surface area contributed by atoms with Crippen LogP contribution in [-0.2, 0) is 13.1 Å². The molecule has 1 fully saturated rings. The van der Waals surface area contributed by atoms with E-state index in [1.54, 1.807) is 12.1 Å². The summed E-state index contributed by atoms with van der Waals surface area (Å²) in [6, 6.07) is 6.70. The third kappa shape index (κ3) is 3.80. The molecule has 6 heteroatoms. The number of nitrogens with zero attached hydrogens (tertiary/aromatic N) is 5. The minimum Gasteiger partial charge on any atom is -0.299 e. The van der Waals surface area contributed by atoms with E-state index in [0.717, 1.165) is 44.1 Å². The van der Waals surface area contributed by atoms with Crippen LogP contribution in [0.5, 0.6) is 0 Å². The van der Waals surface area contributed by atoms with Crippen molar-refractivity contribution < 1.29 is 4.39 Å². The van der Waals surface area contributed by atoms with Gasteiger partial charge in [0.05, 0.1) is 11.6 Å². The van der Waals surface area contributed by atoms with Crippen molar-refractivity contribution in [2.75, 3.05) is 13.1 Å². The van der Waals surface area contributed by atoms with Gasteiger partial charge in [0.15, 0.2) is 0 Å². The van der Waals surface area contributed by atoms with Crippen molar-refractivity contribution >= 4 is 0 Å². The van der Waals surface area contributed by atoms with E-state index in [1.807, 2.05) is 24.6 Å². The summed E-state index contributed by atoms with van der Waals surface area (Å²) in [5.74, 6) is 1.96. The second kappa shape index (κ2) is 7.10. The number of nitriles is 1. The molecule has 0 spiro atoms. The number of halogens is 1. The second-order valence-electron chi connectivity index (χ2n) is 6.55. The Bertz CT molecular complexity index is 761. The fourth-order valence-electron chi connectivity index (χ4n) is 3.41. The number of aromatic nitrogens is 3. The lowest BCUT2D eigenvalue weighted by atomic mass is 9.97. The highest BCUT2D eigenvalue weighted by Gasteiger charge is 2.22. The van der Waals surface area contributed by atoms with Crippen LogP contribution >= 0.6 is 0 Å². The fourth-order valence-corrected chi connectivity index (χ4v) is 3.41. The van der Waals surface area contributed by atoms with Gasteiger partial charge in [-0.25, -0.2) is 14.1 Å². The SMILES string of the molecule is Cc1nc(C)n(C[C@@H]2CCCN(Cc3ccc(C#N)cc3F)C2)n1. The summed E-state index contributed by atoms with van der Waals surface area (Å²) in [6.45, 7) is 7.24. The third-order valence-electron chi connectivity index (χ3n) is 4.57. The monoisotopic (exact) mass is 327 g/mol. The zero-order chi connectivity index (χ0) is 17.1. The highest BCUT2D eigenvalue weighted by Crippen LogP contribution is 2.21. The minimum absolute atomic E-state index is 0.293. The van der Waals surface area contributed by atoms with E-state index in [2.05, 4.69) is 15.0 Å². The van der Waals surface area contributed by atoms with Crippen molar-refractivity contribution in [1.82, 2.24) is 19.7 Å². The quantitative estimate of drug-likeness (QED) is 0.866. The fraction of sp³-hybridized carbons (Fsp3) is 0.500. The summed E-state index contributed by atoms with van der Waals surface area (Å²) >= 11 is 0. The number of hydrogen-bond donors (Lipinski definition) is 0. The minimum atomic E-state index is -0.293. The Balaban J connectivity index is 1.63. The molecule has 3 rings (SSSR count). The maximum absolute atomic E-state index is 14.1. The molecule has 1 atom stereocenters. The Morgan fingerprint density at radius 1 is 1.38 bits per heavy atom. The molecule has 0 radical (unpaired) electrons. The molecule has 0 unspecified atom stereocenters. The highest BCUT2D eigenvalue weighted by atomic mass is 19.1. The molecule has 1 aromatic carbocycles. The van der Waals surface area contributed by atoms with Crippen LogP contribution in [-0.4, -0.2) is 32.8 Å². The lowest BCUT2D eigenvalue weighted by Crippen LogP contribution is -2.37. The average Bonchev–Trinajstić information content (AvgIpc) is 2.87. The van der Waals surface area contributed by atoms with Crippen molar-refractivity contribution in [3.63, 3.8) is 0 Å². The van der Waals surface area contributed by atoms with Crippen LogP contribution in [0.4, 0.5) is 4.39 Å². The Kier molecular flexibility index (Phi) is 4.91. The van der Waals surface area contributed by atoms with Crippen molar-refractivity contribution in [3.05, 3.63) is 46.8 Å². The summed E-state index contributed by atoms with van der Waals surface area (Å²) < 4.78 is 16.1. The predicted molar refractivity (Wildman–Crippen MR) is 88.6 cm³/mol. The third-order valence-corrected chi connectivity index (χ3v) is 4.57. The van der Waals surface area contributed by atoms with E-state index in [4.69, 9.17) is 5.26 Å². The maximum Gasteiger partial charge on any atom is 0.147 e. The summed E-state index contributed by atoms with van der Waals surface area (Å²) in [5.41, 5.74) is 1.02. The average molecular weight is 327 g/mol. The highest BCUT2D eigenvalue weighted by molar-refractivity contribution is 5.32. The lowest BCUT2D eigenvalue weighted by molar-refractivity contribution is 0.151. The van der Waals surface area contributed by atoms with Crippen LogP contribution in [0.15, 0.2) is 18.2 Å². The van der Waals surface area contributed by atoms with Crippen LogP contribution in [0.25, 0.3) is 0 Å². The molecule has 0 bridgehead atoms. The lowest BCUT2D eigenvalue weighted by Gasteiger charge is -2.32. The Hall–Kier alpha value is -2.26. The van der Waals surface area contributed by atoms with Crippen molar-refractivity contribution in [2.45, 2.75) is 39.8 Å². The van der Waals surface area contributed by atoms with Crippen molar-refractivity contribution in [1.29, 1.82) is 5.26 Å². The number of aryl methyl sites for hydroxylation is 2. The molecule has 5 nitrogen and oxygen atoms in total. The molecule has 24 heavy (non-hydrogen) atoms. The van der Waals surface area contributed by atoms with E-state index >= 15 is 0 Å². The number of rotatable bonds is 4. The topological polar surface area (TPSA) is 57.7 Å². The maximum atomic E-state index is 14.1. The summed E-state index contributed by atoms with van der Waals surface area (Å²) in [4.78, 5) is 6.64. The van der Waals surface area contributed by atoms with Crippen LogP contribution in [0.3, 0.4) is 0 Å². The molecule has 1 aromatic heterocycles. The number of likely N-dealkylation sites (tertiary alicyclic amines) is 1. The molecule has 2 aromatic rings. The van der Waals surface area contributed by atoms with Gasteiger partial charge in [0.25, 0.3) is 0 Å². The van der Waals surface area contributed by atoms with E-state index in [9.17, 15) is 4.39 Å². The van der Waals surface area contributed by atoms with Gasteiger partial charge in [0.2, 0.25) is 0 Å². The first kappa shape index (κ1) is 16.6. The molecule has 1 aliphatic rings. The Morgan fingerprint density at radius 2 is 2.21 bits per heavy atom. The van der Waals surface area contributed by atoms with Gasteiger partial charge in [0, 0.05) is 25.2 Å². The molecule has 126 valence electrons. The van der Waals surface area contributed by atoms with Crippen LogP contribution < -0.4 is 0 Å². The first-order valence-corrected chi connectivity index (χ1v) is 8.34. The molecular weight excluding hydrogens is 305 g/mol. The van der Waals surface area contributed by atoms with Gasteiger partial charge in [-0.15, -0.1) is 0 Å². The van der Waals surface area contributed by atoms with Gasteiger partial charge >= 0.3 is 0 Å². The summed E-state index contributed by atoms with van der Waals surface area (Å²) in [7, 11) is 0. The van der Waals surface area contributed by atoms with Gasteiger partial charge in [0.1, 0.15) is 17.5 Å². The predicted octanol–water partition coefficient (Wildman–Crippen LogP) is 2.82. The summed E-state index contributed by atoms with van der Waals surface area (Å²) in [6.07, 6.45) is 2.26. The van der Waals surface area contributed by atoms with Crippen molar-refractivity contribution in [3.8, 4) is 6.07 Å². The van der Waals surface area contributed by atoms with E-state index in [-0.39, 0.29) is 5.82 Å². The molecule has 1 aliphatic heterocycles. The van der Waals surface area contributed by atoms with Crippen LogP contribution in [0.1, 0.15) is 35.6 Å². The zero-order valence-corrected chi connectivity index (χ0v) is 14.2. The number of piperidine rings is 1. The number of benzene rings is 1. The molecule has 1 saturated heterocycles. The van der Waals surface area contributed by atoms with E-state index in [1.165, 1.54) is 6.07 Å². The molecule has 0 amide bonds. The summed E-state index contributed by atoms with van der Waals surface area (Å²) in [5, 5.41) is 13.3. The largest absolute Gasteiger partial charge is 0.299 e. The van der Waals surface area contributed by atoms with Gasteiger partial charge in [-0.2, -0.15) is 10.4 Å². The van der Waals surface area contributed by atoms with Gasteiger partial charge in [-0.1, -0.05) is 6.07 Å². The number of hydrogen-bond acceptors (Lipinski definition) is 4. The Morgan fingerprint density at radius 3 is 2.88 bits per heavy atom. The zero-order valence-electron chi connectivity index (χ0n) is 14.2. The first-order valence-electron chi connectivity index (χ1n) is 8.34.